The SMILES string of the molecule is Cc1cc(-c2c3ccccc3cc3c4c(C)ccc(C(C)C)cc-4c(C)c23)c2c(C)ccc(C(C)C)cc1-2. The summed E-state index contributed by atoms with van der Waals surface area (Å²) in [6.45, 7) is 18.3. The van der Waals surface area contributed by atoms with E-state index < -0.39 is 0 Å². The van der Waals surface area contributed by atoms with Crippen LogP contribution in [-0.4, -0.2) is 0 Å². The van der Waals surface area contributed by atoms with Crippen molar-refractivity contribution in [2.45, 2.75) is 67.2 Å². The standard InChI is InChI=1S/C38H38/c1-21(2)27-15-13-23(5)35-31(18-27)25(7)17-33(35)38-30-12-10-9-11-29(30)20-34-36-24(6)14-16-28(22(3)4)19-32(36)26(8)37(34)38/h9-22H,1-8H3. The molecule has 4 aliphatic rings. The highest BCUT2D eigenvalue weighted by Crippen LogP contribution is 2.51. The van der Waals surface area contributed by atoms with Gasteiger partial charge in [0.1, 0.15) is 0 Å². The molecule has 0 saturated carbocycles. The maximum absolute atomic E-state index is 2.45. The van der Waals surface area contributed by atoms with Crippen LogP contribution in [0.2, 0.25) is 0 Å². The summed E-state index contributed by atoms with van der Waals surface area (Å²) in [6, 6.07) is 28.0. The van der Waals surface area contributed by atoms with Crippen LogP contribution in [0, 0.1) is 27.7 Å². The third kappa shape index (κ3) is 3.65. The first-order valence-corrected chi connectivity index (χ1v) is 14.1. The van der Waals surface area contributed by atoms with Crippen LogP contribution >= 0.6 is 0 Å². The first-order chi connectivity index (χ1) is 18.2. The van der Waals surface area contributed by atoms with Gasteiger partial charge in [-0.15, -0.1) is 0 Å². The lowest BCUT2D eigenvalue weighted by Gasteiger charge is -2.13. The van der Waals surface area contributed by atoms with E-state index in [0.717, 1.165) is 0 Å². The summed E-state index contributed by atoms with van der Waals surface area (Å²) in [7, 11) is 0. The van der Waals surface area contributed by atoms with Crippen molar-refractivity contribution in [1.82, 2.24) is 0 Å². The molecule has 0 aliphatic heterocycles. The summed E-state index contributed by atoms with van der Waals surface area (Å²) in [5.74, 6) is 0.980. The van der Waals surface area contributed by atoms with Crippen molar-refractivity contribution in [1.29, 1.82) is 0 Å². The zero-order valence-electron chi connectivity index (χ0n) is 24.1. The molecule has 0 amide bonds. The maximum atomic E-state index is 2.45. The van der Waals surface area contributed by atoms with Crippen molar-refractivity contribution in [3.05, 3.63) is 106 Å². The highest BCUT2D eigenvalue weighted by molar-refractivity contribution is 6.22. The molecule has 0 atom stereocenters. The fourth-order valence-corrected chi connectivity index (χ4v) is 6.56. The quantitative estimate of drug-likeness (QED) is 0.229. The van der Waals surface area contributed by atoms with Gasteiger partial charge in [-0.3, -0.25) is 0 Å². The predicted octanol–water partition coefficient (Wildman–Crippen LogP) is 11.4. The molecule has 0 aromatic heterocycles. The lowest BCUT2D eigenvalue weighted by molar-refractivity contribution is 0.868. The molecule has 6 rings (SSSR count). The lowest BCUT2D eigenvalue weighted by Crippen LogP contribution is -1.87. The van der Waals surface area contributed by atoms with Crippen LogP contribution in [-0.2, 0) is 0 Å². The molecular formula is C38H38. The van der Waals surface area contributed by atoms with Gasteiger partial charge in [0, 0.05) is 0 Å². The monoisotopic (exact) mass is 494 g/mol. The molecule has 0 spiro atoms. The smallest absolute Gasteiger partial charge is 0.00173 e. The van der Waals surface area contributed by atoms with Gasteiger partial charge in [0.25, 0.3) is 0 Å². The third-order valence-corrected chi connectivity index (χ3v) is 8.76. The minimum absolute atomic E-state index is 0.487. The van der Waals surface area contributed by atoms with Crippen LogP contribution < -0.4 is 0 Å². The largest absolute Gasteiger partial charge is 0.0616 e. The highest BCUT2D eigenvalue weighted by atomic mass is 14.3. The zero-order valence-corrected chi connectivity index (χ0v) is 24.1. The highest BCUT2D eigenvalue weighted by Gasteiger charge is 2.26. The summed E-state index contributed by atoms with van der Waals surface area (Å²) in [5, 5.41) is 5.43. The average molecular weight is 495 g/mol. The molecule has 2 aromatic carbocycles. The molecular weight excluding hydrogens is 456 g/mol. The van der Waals surface area contributed by atoms with E-state index in [4.69, 9.17) is 0 Å². The van der Waals surface area contributed by atoms with E-state index >= 15 is 0 Å². The Balaban J connectivity index is 1.82. The molecule has 0 bridgehead atoms. The van der Waals surface area contributed by atoms with Crippen LogP contribution in [0.5, 0.6) is 0 Å². The molecule has 0 heteroatoms. The molecule has 4 aliphatic carbocycles. The molecule has 0 heterocycles. The number of rotatable bonds is 3. The lowest BCUT2D eigenvalue weighted by atomic mass is 9.90. The second kappa shape index (κ2) is 8.98. The van der Waals surface area contributed by atoms with E-state index in [9.17, 15) is 0 Å². The second-order valence-corrected chi connectivity index (χ2v) is 12.0. The van der Waals surface area contributed by atoms with Gasteiger partial charge in [-0.05, 0) is 134 Å². The summed E-state index contributed by atoms with van der Waals surface area (Å²) in [4.78, 5) is 0. The summed E-state index contributed by atoms with van der Waals surface area (Å²) < 4.78 is 0. The van der Waals surface area contributed by atoms with E-state index in [-0.39, 0.29) is 0 Å². The molecule has 0 radical (unpaired) electrons. The van der Waals surface area contributed by atoms with Crippen molar-refractivity contribution in [3.8, 4) is 33.4 Å². The van der Waals surface area contributed by atoms with E-state index in [1.807, 2.05) is 0 Å². The number of hydrogen-bond acceptors (Lipinski definition) is 0. The van der Waals surface area contributed by atoms with Gasteiger partial charge in [-0.2, -0.15) is 0 Å². The van der Waals surface area contributed by atoms with Crippen molar-refractivity contribution >= 4 is 21.5 Å². The second-order valence-electron chi connectivity index (χ2n) is 12.0. The maximum Gasteiger partial charge on any atom is -0.00173 e. The number of hydrogen-bond donors (Lipinski definition) is 0. The van der Waals surface area contributed by atoms with Crippen LogP contribution in [0.15, 0.2) is 72.8 Å². The summed E-state index contributed by atoms with van der Waals surface area (Å²) in [5.41, 5.74) is 16.5. The predicted molar refractivity (Wildman–Crippen MR) is 167 cm³/mol. The minimum atomic E-state index is 0.487. The van der Waals surface area contributed by atoms with Gasteiger partial charge < -0.3 is 0 Å². The van der Waals surface area contributed by atoms with Gasteiger partial charge in [0.05, 0.1) is 0 Å². The summed E-state index contributed by atoms with van der Waals surface area (Å²) >= 11 is 0. The van der Waals surface area contributed by atoms with E-state index in [2.05, 4.69) is 128 Å². The molecule has 0 saturated heterocycles. The van der Waals surface area contributed by atoms with E-state index in [1.165, 1.54) is 88.3 Å². The average Bonchev–Trinajstić information content (AvgIpc) is 3.17. The Labute approximate surface area is 228 Å². The van der Waals surface area contributed by atoms with Crippen molar-refractivity contribution in [2.75, 3.05) is 0 Å². The first kappa shape index (κ1) is 24.7. The Morgan fingerprint density at radius 3 is 1.74 bits per heavy atom. The number of fused-ring (bicyclic) bond motifs is 5. The Kier molecular flexibility index (Phi) is 5.84. The van der Waals surface area contributed by atoms with Crippen LogP contribution in [0.3, 0.4) is 0 Å². The Morgan fingerprint density at radius 1 is 0.474 bits per heavy atom. The molecule has 0 N–H and O–H groups in total. The fraction of sp³-hybridized carbons (Fsp3) is 0.263. The van der Waals surface area contributed by atoms with Crippen molar-refractivity contribution < 1.29 is 0 Å². The number of aryl methyl sites for hydroxylation is 4. The summed E-state index contributed by atoms with van der Waals surface area (Å²) in [6.07, 6.45) is 0. The topological polar surface area (TPSA) is 0 Å². The number of benzene rings is 2. The normalized spacial score (nSPS) is 12.2. The fourth-order valence-electron chi connectivity index (χ4n) is 6.56. The van der Waals surface area contributed by atoms with Gasteiger partial charge in [-0.1, -0.05) is 94.4 Å². The Bertz CT molecular complexity index is 1790. The van der Waals surface area contributed by atoms with Gasteiger partial charge in [0.2, 0.25) is 0 Å². The van der Waals surface area contributed by atoms with E-state index in [0.29, 0.717) is 11.8 Å². The van der Waals surface area contributed by atoms with Gasteiger partial charge in [0.15, 0.2) is 0 Å². The van der Waals surface area contributed by atoms with Crippen LogP contribution in [0.4, 0.5) is 0 Å². The van der Waals surface area contributed by atoms with Gasteiger partial charge in [-0.25, -0.2) is 0 Å². The molecule has 2 aromatic rings. The van der Waals surface area contributed by atoms with Crippen LogP contribution in [0.25, 0.3) is 54.9 Å². The molecule has 38 heavy (non-hydrogen) atoms. The zero-order chi connectivity index (χ0) is 26.9. The molecule has 190 valence electrons. The molecule has 0 fully saturated rings. The Hall–Kier alpha value is -3.64. The minimum Gasteiger partial charge on any atom is -0.0616 e. The van der Waals surface area contributed by atoms with Crippen molar-refractivity contribution in [3.63, 3.8) is 0 Å². The molecule has 0 nitrogen and oxygen atoms in total. The van der Waals surface area contributed by atoms with E-state index in [1.54, 1.807) is 0 Å². The van der Waals surface area contributed by atoms with Crippen LogP contribution in [0.1, 0.15) is 72.9 Å². The Morgan fingerprint density at radius 2 is 1.08 bits per heavy atom. The van der Waals surface area contributed by atoms with Crippen molar-refractivity contribution in [2.24, 2.45) is 0 Å². The molecule has 0 unspecified atom stereocenters. The van der Waals surface area contributed by atoms with Gasteiger partial charge >= 0.3 is 0 Å². The third-order valence-electron chi connectivity index (χ3n) is 8.76. The first-order valence-electron chi connectivity index (χ1n) is 14.1.